The first-order valence-corrected chi connectivity index (χ1v) is 10.3. The molecule has 0 bridgehead atoms. The van der Waals surface area contributed by atoms with Gasteiger partial charge >= 0.3 is 0 Å². The molecule has 130 valence electrons. The molecule has 4 aliphatic carbocycles. The van der Waals surface area contributed by atoms with Gasteiger partial charge in [0.15, 0.2) is 5.78 Å². The molecule has 24 heavy (non-hydrogen) atoms. The molecule has 0 N–H and O–H groups in total. The van der Waals surface area contributed by atoms with Crippen LogP contribution in [0.1, 0.15) is 71.6 Å². The molecule has 0 spiro atoms. The summed E-state index contributed by atoms with van der Waals surface area (Å²) in [7, 11) is 0. The first-order chi connectivity index (χ1) is 11.6. The van der Waals surface area contributed by atoms with Gasteiger partial charge in [0.1, 0.15) is 0 Å². The maximum atomic E-state index is 11.9. The van der Waals surface area contributed by atoms with E-state index in [2.05, 4.69) is 19.9 Å². The smallest absolute Gasteiger partial charge is 0.155 e. The van der Waals surface area contributed by atoms with Crippen molar-refractivity contribution in [3.8, 4) is 6.07 Å². The quantitative estimate of drug-likeness (QED) is 0.691. The monoisotopic (exact) mass is 325 g/mol. The molecule has 0 saturated heterocycles. The van der Waals surface area contributed by atoms with Crippen LogP contribution >= 0.6 is 0 Å². The van der Waals surface area contributed by atoms with E-state index >= 15 is 0 Å². The van der Waals surface area contributed by atoms with E-state index in [1.54, 1.807) is 0 Å². The largest absolute Gasteiger partial charge is 0.295 e. The molecule has 0 aromatic rings. The fourth-order valence-electron chi connectivity index (χ4n) is 7.49. The van der Waals surface area contributed by atoms with Crippen molar-refractivity contribution >= 4 is 5.78 Å². The Morgan fingerprint density at radius 1 is 1.25 bits per heavy atom. The Hall–Kier alpha value is -1.10. The number of allylic oxidation sites excluding steroid dienone is 1. The minimum Gasteiger partial charge on any atom is -0.295 e. The number of carbonyl (C=O) groups is 1. The van der Waals surface area contributed by atoms with Crippen LogP contribution in [-0.2, 0) is 4.79 Å². The van der Waals surface area contributed by atoms with E-state index in [1.807, 2.05) is 6.08 Å². The van der Waals surface area contributed by atoms with Crippen LogP contribution in [0, 0.1) is 52.3 Å². The summed E-state index contributed by atoms with van der Waals surface area (Å²) < 4.78 is 0. The molecule has 2 unspecified atom stereocenters. The molecule has 0 aliphatic heterocycles. The second-order valence-corrected chi connectivity index (χ2v) is 8.94. The summed E-state index contributed by atoms with van der Waals surface area (Å²) in [6.45, 7) is 4.67. The zero-order valence-electron chi connectivity index (χ0n) is 15.3. The maximum Gasteiger partial charge on any atom is 0.155 e. The van der Waals surface area contributed by atoms with Gasteiger partial charge in [0, 0.05) is 6.42 Å². The molecule has 0 radical (unpaired) electrons. The zero-order chi connectivity index (χ0) is 16.9. The number of ketones is 1. The number of fused-ring (bicyclic) bond motifs is 5. The van der Waals surface area contributed by atoms with E-state index in [0.29, 0.717) is 17.1 Å². The van der Waals surface area contributed by atoms with Crippen molar-refractivity contribution in [2.45, 2.75) is 71.6 Å². The highest BCUT2D eigenvalue weighted by Gasteiger charge is 2.59. The van der Waals surface area contributed by atoms with Gasteiger partial charge in [-0.15, -0.1) is 0 Å². The lowest BCUT2D eigenvalue weighted by atomic mass is 9.47. The van der Waals surface area contributed by atoms with Gasteiger partial charge in [0.2, 0.25) is 0 Å². The molecule has 0 heterocycles. The molecule has 3 saturated carbocycles. The Labute approximate surface area is 146 Å². The number of hydrogen-bond donors (Lipinski definition) is 0. The van der Waals surface area contributed by atoms with Gasteiger partial charge in [0.25, 0.3) is 0 Å². The number of carbonyl (C=O) groups excluding carboxylic acids is 1. The van der Waals surface area contributed by atoms with Gasteiger partial charge in [-0.25, -0.2) is 0 Å². The molecule has 0 aromatic carbocycles. The van der Waals surface area contributed by atoms with Gasteiger partial charge < -0.3 is 0 Å². The number of nitrogens with zero attached hydrogens (tertiary/aromatic N) is 1. The van der Waals surface area contributed by atoms with E-state index in [0.717, 1.165) is 49.4 Å². The highest BCUT2D eigenvalue weighted by molar-refractivity contribution is 5.91. The summed E-state index contributed by atoms with van der Waals surface area (Å²) in [4.78, 5) is 11.9. The molecule has 7 atom stereocenters. The minimum atomic E-state index is 0.288. The van der Waals surface area contributed by atoms with E-state index in [-0.39, 0.29) is 5.92 Å². The molecule has 4 aliphatic rings. The summed E-state index contributed by atoms with van der Waals surface area (Å²) >= 11 is 0. The average molecular weight is 325 g/mol. The van der Waals surface area contributed by atoms with Crippen LogP contribution in [0.2, 0.25) is 0 Å². The third-order valence-corrected chi connectivity index (χ3v) is 8.52. The van der Waals surface area contributed by atoms with E-state index < -0.39 is 0 Å². The van der Waals surface area contributed by atoms with E-state index in [9.17, 15) is 10.1 Å². The first kappa shape index (κ1) is 16.4. The van der Waals surface area contributed by atoms with Gasteiger partial charge in [0.05, 0.1) is 12.0 Å². The van der Waals surface area contributed by atoms with Crippen LogP contribution in [0.3, 0.4) is 0 Å². The molecule has 0 aromatic heterocycles. The van der Waals surface area contributed by atoms with Crippen molar-refractivity contribution < 1.29 is 4.79 Å². The van der Waals surface area contributed by atoms with Crippen LogP contribution in [0.15, 0.2) is 11.6 Å². The van der Waals surface area contributed by atoms with Gasteiger partial charge in [-0.3, -0.25) is 4.79 Å². The summed E-state index contributed by atoms with van der Waals surface area (Å²) in [5, 5.41) is 9.74. The van der Waals surface area contributed by atoms with Crippen molar-refractivity contribution in [2.75, 3.05) is 0 Å². The lowest BCUT2D eigenvalue weighted by Gasteiger charge is -2.57. The van der Waals surface area contributed by atoms with Crippen molar-refractivity contribution in [2.24, 2.45) is 40.9 Å². The molecule has 3 fully saturated rings. The van der Waals surface area contributed by atoms with Crippen molar-refractivity contribution in [1.82, 2.24) is 0 Å². The Balaban J connectivity index is 1.71. The summed E-state index contributed by atoms with van der Waals surface area (Å²) in [6, 6.07) is 2.69. The number of rotatable bonds is 2. The highest BCUT2D eigenvalue weighted by atomic mass is 16.1. The van der Waals surface area contributed by atoms with Crippen molar-refractivity contribution in [1.29, 1.82) is 5.26 Å². The molecular weight excluding hydrogens is 294 g/mol. The molecule has 2 nitrogen and oxygen atoms in total. The van der Waals surface area contributed by atoms with Crippen LogP contribution in [0.4, 0.5) is 0 Å². The second kappa shape index (κ2) is 6.01. The Bertz CT molecular complexity index is 600. The van der Waals surface area contributed by atoms with Gasteiger partial charge in [-0.2, -0.15) is 5.26 Å². The lowest BCUT2D eigenvalue weighted by Crippen LogP contribution is -2.50. The third kappa shape index (κ3) is 2.16. The number of nitriles is 1. The average Bonchev–Trinajstić information content (AvgIpc) is 2.99. The summed E-state index contributed by atoms with van der Waals surface area (Å²) in [5.74, 6) is 4.40. The molecule has 4 rings (SSSR count). The fourth-order valence-corrected chi connectivity index (χ4v) is 7.49. The predicted octanol–water partition coefficient (Wildman–Crippen LogP) is 5.29. The molecule has 0 amide bonds. The summed E-state index contributed by atoms with van der Waals surface area (Å²) in [5.41, 5.74) is 1.79. The van der Waals surface area contributed by atoms with Gasteiger partial charge in [-0.05, 0) is 86.0 Å². The highest BCUT2D eigenvalue weighted by Crippen LogP contribution is 2.66. The van der Waals surface area contributed by atoms with Crippen LogP contribution in [-0.4, -0.2) is 5.78 Å². The normalized spacial score (nSPS) is 47.2. The van der Waals surface area contributed by atoms with Crippen LogP contribution < -0.4 is 0 Å². The third-order valence-electron chi connectivity index (χ3n) is 8.52. The van der Waals surface area contributed by atoms with Gasteiger partial charge in [-0.1, -0.05) is 25.8 Å². The standard InChI is InChI=1S/C22H31NO/c1-3-14-11-15-12-17(24)6-7-18(15)19-9-10-22(4-2)16(13-23)5-8-20(22)21(14)19/h12,14,16,18-21H,3-11H2,1-2H3/t14?,16?,18-,19+,20-,21+,22+/m0/s1. The SMILES string of the molecule is CCC1CC2=CC(=O)CC[C@@H]2[C@H]2CC[C@]3(CC)C(C#N)CC[C@H]3[C@H]12. The Morgan fingerprint density at radius 2 is 2.08 bits per heavy atom. The molecule has 2 heteroatoms. The van der Waals surface area contributed by atoms with Crippen LogP contribution in [0.5, 0.6) is 0 Å². The lowest BCUT2D eigenvalue weighted by molar-refractivity contribution is -0.116. The number of hydrogen-bond acceptors (Lipinski definition) is 2. The Morgan fingerprint density at radius 3 is 2.79 bits per heavy atom. The summed E-state index contributed by atoms with van der Waals surface area (Å²) in [6.07, 6.45) is 12.4. The predicted molar refractivity (Wildman–Crippen MR) is 95.0 cm³/mol. The zero-order valence-corrected chi connectivity index (χ0v) is 15.3. The van der Waals surface area contributed by atoms with E-state index in [4.69, 9.17) is 0 Å². The molecular formula is C22H31NO. The van der Waals surface area contributed by atoms with Crippen molar-refractivity contribution in [3.05, 3.63) is 11.6 Å². The van der Waals surface area contributed by atoms with E-state index in [1.165, 1.54) is 37.7 Å². The second-order valence-electron chi connectivity index (χ2n) is 8.94. The minimum absolute atomic E-state index is 0.288. The fraction of sp³-hybridized carbons (Fsp3) is 0.818. The first-order valence-electron chi connectivity index (χ1n) is 10.3. The van der Waals surface area contributed by atoms with Crippen molar-refractivity contribution in [3.63, 3.8) is 0 Å². The van der Waals surface area contributed by atoms with Crippen LogP contribution in [0.25, 0.3) is 0 Å². The Kier molecular flexibility index (Phi) is 4.10. The maximum absolute atomic E-state index is 11.9. The topological polar surface area (TPSA) is 40.9 Å².